The summed E-state index contributed by atoms with van der Waals surface area (Å²) in [6, 6.07) is -0.285. The molecule has 1 aliphatic rings. The summed E-state index contributed by atoms with van der Waals surface area (Å²) < 4.78 is 29.4. The Morgan fingerprint density at radius 2 is 1.80 bits per heavy atom. The summed E-state index contributed by atoms with van der Waals surface area (Å²) >= 11 is 0. The summed E-state index contributed by atoms with van der Waals surface area (Å²) in [6.45, 7) is 10.5. The SMILES string of the molecule is CC(C)(C)CC(C)(C)NS(=O)(=O)N1CCCCC1CO. The fourth-order valence-electron chi connectivity index (χ4n) is 3.24. The van der Waals surface area contributed by atoms with Crippen molar-refractivity contribution < 1.29 is 13.5 Å². The molecule has 120 valence electrons. The minimum atomic E-state index is -3.55. The van der Waals surface area contributed by atoms with Crippen LogP contribution in [0.2, 0.25) is 0 Å². The van der Waals surface area contributed by atoms with Crippen LogP contribution in [-0.4, -0.2) is 42.6 Å². The molecule has 0 aliphatic carbocycles. The van der Waals surface area contributed by atoms with Gasteiger partial charge in [-0.25, -0.2) is 0 Å². The normalized spacial score (nSPS) is 23.0. The molecule has 1 heterocycles. The molecule has 0 radical (unpaired) electrons. The summed E-state index contributed by atoms with van der Waals surface area (Å²) in [5.41, 5.74) is -0.459. The van der Waals surface area contributed by atoms with E-state index in [-0.39, 0.29) is 18.1 Å². The van der Waals surface area contributed by atoms with Gasteiger partial charge in [0, 0.05) is 18.1 Å². The molecule has 0 spiro atoms. The Balaban J connectivity index is 2.82. The van der Waals surface area contributed by atoms with Crippen molar-refractivity contribution in [3.05, 3.63) is 0 Å². The highest BCUT2D eigenvalue weighted by atomic mass is 32.2. The number of nitrogens with one attached hydrogen (secondary N) is 1. The van der Waals surface area contributed by atoms with E-state index in [1.807, 2.05) is 13.8 Å². The van der Waals surface area contributed by atoms with Gasteiger partial charge in [0.25, 0.3) is 10.2 Å². The Morgan fingerprint density at radius 1 is 1.20 bits per heavy atom. The van der Waals surface area contributed by atoms with E-state index in [9.17, 15) is 13.5 Å². The van der Waals surface area contributed by atoms with Crippen LogP contribution in [0.1, 0.15) is 60.3 Å². The molecule has 5 nitrogen and oxygen atoms in total. The zero-order valence-corrected chi connectivity index (χ0v) is 14.3. The molecular formula is C14H30N2O3S. The number of piperidine rings is 1. The van der Waals surface area contributed by atoms with Gasteiger partial charge in [0.1, 0.15) is 0 Å². The third-order valence-corrected chi connectivity index (χ3v) is 5.38. The monoisotopic (exact) mass is 306 g/mol. The number of hydrogen-bond donors (Lipinski definition) is 2. The van der Waals surface area contributed by atoms with E-state index < -0.39 is 15.7 Å². The van der Waals surface area contributed by atoms with Crippen molar-refractivity contribution in [1.82, 2.24) is 9.03 Å². The first-order valence-electron chi connectivity index (χ1n) is 7.38. The Bertz CT molecular complexity index is 413. The lowest BCUT2D eigenvalue weighted by atomic mass is 9.82. The maximum absolute atomic E-state index is 12.6. The number of nitrogens with zero attached hydrogens (tertiary/aromatic N) is 1. The van der Waals surface area contributed by atoms with Crippen LogP contribution in [0.25, 0.3) is 0 Å². The van der Waals surface area contributed by atoms with Gasteiger partial charge >= 0.3 is 0 Å². The van der Waals surface area contributed by atoms with Gasteiger partial charge in [-0.05, 0) is 38.5 Å². The molecule has 1 rings (SSSR count). The standard InChI is InChI=1S/C14H30N2O3S/c1-13(2,3)11-14(4,5)15-20(18,19)16-9-7-6-8-12(16)10-17/h12,15,17H,6-11H2,1-5H3. The van der Waals surface area contributed by atoms with Crippen LogP contribution in [0.5, 0.6) is 0 Å². The Kier molecular flexibility index (Phi) is 5.63. The van der Waals surface area contributed by atoms with Gasteiger partial charge < -0.3 is 5.11 Å². The summed E-state index contributed by atoms with van der Waals surface area (Å²) in [5.74, 6) is 0. The molecule has 1 unspecified atom stereocenters. The first kappa shape index (κ1) is 17.9. The second-order valence-corrected chi connectivity index (χ2v) is 9.29. The zero-order chi connectivity index (χ0) is 15.6. The van der Waals surface area contributed by atoms with E-state index in [2.05, 4.69) is 25.5 Å². The van der Waals surface area contributed by atoms with Crippen LogP contribution >= 0.6 is 0 Å². The molecule has 0 aromatic rings. The lowest BCUT2D eigenvalue weighted by molar-refractivity contribution is 0.151. The van der Waals surface area contributed by atoms with Crippen molar-refractivity contribution in [3.63, 3.8) is 0 Å². The second kappa shape index (κ2) is 6.30. The molecule has 0 bridgehead atoms. The highest BCUT2D eigenvalue weighted by Gasteiger charge is 2.36. The van der Waals surface area contributed by atoms with Gasteiger partial charge in [-0.3, -0.25) is 0 Å². The van der Waals surface area contributed by atoms with E-state index in [0.29, 0.717) is 6.54 Å². The van der Waals surface area contributed by atoms with Crippen LogP contribution in [0.15, 0.2) is 0 Å². The molecular weight excluding hydrogens is 276 g/mol. The maximum Gasteiger partial charge on any atom is 0.280 e. The number of hydrogen-bond acceptors (Lipinski definition) is 3. The van der Waals surface area contributed by atoms with Crippen molar-refractivity contribution >= 4 is 10.2 Å². The summed E-state index contributed by atoms with van der Waals surface area (Å²) in [6.07, 6.45) is 3.31. The minimum absolute atomic E-state index is 0.0459. The van der Waals surface area contributed by atoms with Crippen molar-refractivity contribution in [1.29, 1.82) is 0 Å². The average Bonchev–Trinajstić information content (AvgIpc) is 2.24. The highest BCUT2D eigenvalue weighted by Crippen LogP contribution is 2.28. The number of rotatable bonds is 5. The molecule has 1 atom stereocenters. The minimum Gasteiger partial charge on any atom is -0.395 e. The van der Waals surface area contributed by atoms with E-state index in [4.69, 9.17) is 0 Å². The maximum atomic E-state index is 12.6. The fourth-order valence-corrected chi connectivity index (χ4v) is 5.06. The second-order valence-electron chi connectivity index (χ2n) is 7.67. The molecule has 0 saturated carbocycles. The summed E-state index contributed by atoms with van der Waals surface area (Å²) in [7, 11) is -3.55. The van der Waals surface area contributed by atoms with Gasteiger partial charge in [-0.1, -0.05) is 27.2 Å². The van der Waals surface area contributed by atoms with Crippen molar-refractivity contribution in [2.24, 2.45) is 5.41 Å². The van der Waals surface area contributed by atoms with Gasteiger partial charge in [-0.15, -0.1) is 0 Å². The van der Waals surface area contributed by atoms with E-state index in [1.165, 1.54) is 4.31 Å². The van der Waals surface area contributed by atoms with Crippen molar-refractivity contribution in [2.45, 2.75) is 71.9 Å². The fraction of sp³-hybridized carbons (Fsp3) is 1.00. The predicted molar refractivity (Wildman–Crippen MR) is 81.6 cm³/mol. The Labute approximate surface area is 123 Å². The molecule has 1 aliphatic heterocycles. The zero-order valence-electron chi connectivity index (χ0n) is 13.4. The number of aliphatic hydroxyl groups excluding tert-OH is 1. The van der Waals surface area contributed by atoms with Crippen molar-refractivity contribution in [2.75, 3.05) is 13.2 Å². The lowest BCUT2D eigenvalue weighted by Gasteiger charge is -2.38. The van der Waals surface area contributed by atoms with Crippen molar-refractivity contribution in [3.8, 4) is 0 Å². The van der Waals surface area contributed by atoms with Crippen LogP contribution in [-0.2, 0) is 10.2 Å². The predicted octanol–water partition coefficient (Wildman–Crippen LogP) is 1.88. The summed E-state index contributed by atoms with van der Waals surface area (Å²) in [4.78, 5) is 0. The van der Waals surface area contributed by atoms with E-state index in [1.54, 1.807) is 0 Å². The molecule has 2 N–H and O–H groups in total. The molecule has 1 fully saturated rings. The molecule has 0 amide bonds. The van der Waals surface area contributed by atoms with E-state index >= 15 is 0 Å². The van der Waals surface area contributed by atoms with Gasteiger partial charge in [0.2, 0.25) is 0 Å². The molecule has 0 aromatic carbocycles. The van der Waals surface area contributed by atoms with Gasteiger partial charge in [-0.2, -0.15) is 17.4 Å². The smallest absolute Gasteiger partial charge is 0.280 e. The Hall–Kier alpha value is -0.170. The quantitative estimate of drug-likeness (QED) is 0.815. The third kappa shape index (κ3) is 5.31. The van der Waals surface area contributed by atoms with Crippen LogP contribution in [0, 0.1) is 5.41 Å². The highest BCUT2D eigenvalue weighted by molar-refractivity contribution is 7.87. The molecule has 1 saturated heterocycles. The molecule has 6 heteroatoms. The first-order chi connectivity index (χ1) is 8.97. The topological polar surface area (TPSA) is 69.6 Å². The van der Waals surface area contributed by atoms with Crippen LogP contribution in [0.3, 0.4) is 0 Å². The first-order valence-corrected chi connectivity index (χ1v) is 8.82. The Morgan fingerprint density at radius 3 is 2.30 bits per heavy atom. The van der Waals surface area contributed by atoms with E-state index in [0.717, 1.165) is 25.7 Å². The van der Waals surface area contributed by atoms with Gasteiger partial charge in [0.15, 0.2) is 0 Å². The number of aliphatic hydroxyl groups is 1. The van der Waals surface area contributed by atoms with Gasteiger partial charge in [0.05, 0.1) is 6.61 Å². The lowest BCUT2D eigenvalue weighted by Crippen LogP contribution is -2.56. The largest absolute Gasteiger partial charge is 0.395 e. The third-order valence-electron chi connectivity index (χ3n) is 3.47. The average molecular weight is 306 g/mol. The molecule has 0 aromatic heterocycles. The summed E-state index contributed by atoms with van der Waals surface area (Å²) in [5, 5.41) is 9.38. The molecule has 20 heavy (non-hydrogen) atoms. The van der Waals surface area contributed by atoms with Crippen LogP contribution in [0.4, 0.5) is 0 Å². The van der Waals surface area contributed by atoms with Crippen LogP contribution < -0.4 is 4.72 Å².